The second-order valence-electron chi connectivity index (χ2n) is 13.0. The zero-order chi connectivity index (χ0) is 22.2. The normalized spacial score (nSPS) is 43.6. The van der Waals surface area contributed by atoms with Gasteiger partial charge in [0.2, 0.25) is 0 Å². The molecule has 2 heteroatoms. The first-order chi connectivity index (χ1) is 14.8. The molecule has 0 nitrogen and oxygen atoms in total. The molecule has 3 fully saturated rings. The molecule has 0 radical (unpaired) electrons. The maximum Gasteiger partial charge on any atom is 0.00659 e. The predicted molar refractivity (Wildman–Crippen MR) is 143 cm³/mol. The second-order valence-corrected chi connectivity index (χ2v) is 14.4. The van der Waals surface area contributed by atoms with Crippen LogP contribution in [0.4, 0.5) is 0 Å². The van der Waals surface area contributed by atoms with E-state index in [1.165, 1.54) is 82.8 Å². The summed E-state index contributed by atoms with van der Waals surface area (Å²) in [6, 6.07) is 0. The predicted octanol–water partition coefficient (Wildman–Crippen LogP) is 9.61. The van der Waals surface area contributed by atoms with E-state index in [1.54, 1.807) is 10.8 Å². The minimum Gasteiger partial charge on any atom is -0.111 e. The van der Waals surface area contributed by atoms with Crippen LogP contribution in [0.5, 0.6) is 0 Å². The van der Waals surface area contributed by atoms with E-state index in [9.17, 15) is 0 Å². The molecule has 4 aliphatic carbocycles. The van der Waals surface area contributed by atoms with Gasteiger partial charge in [0, 0.05) is 5.75 Å². The molecule has 0 bridgehead atoms. The van der Waals surface area contributed by atoms with Gasteiger partial charge in [0.15, 0.2) is 0 Å². The molecule has 0 spiro atoms. The molecule has 0 aromatic carbocycles. The Bertz CT molecular complexity index is 639. The highest BCUT2D eigenvalue weighted by molar-refractivity contribution is 8.68. The van der Waals surface area contributed by atoms with Crippen LogP contribution in [0, 0.1) is 52.3 Å². The molecule has 8 atom stereocenters. The standard InChI is InChI=1S/C29H50S2/c1-20(2)8-6-9-21(3)25-10-7-11-26-24-13-12-23-18-22(19-31-30)14-16-28(23,4)27(24)15-17-29(25,26)5/h12,20-22,24-27,30H,6-11,13-19H2,1-5H3. The minimum atomic E-state index is 0.512. The van der Waals surface area contributed by atoms with E-state index in [-0.39, 0.29) is 0 Å². The molecule has 4 rings (SSSR count). The zero-order valence-electron chi connectivity index (χ0n) is 21.2. The van der Waals surface area contributed by atoms with E-state index >= 15 is 0 Å². The first-order valence-electron chi connectivity index (χ1n) is 13.8. The molecule has 0 N–H and O–H groups in total. The summed E-state index contributed by atoms with van der Waals surface area (Å²) in [5, 5.41) is 0. The van der Waals surface area contributed by atoms with E-state index < -0.39 is 0 Å². The van der Waals surface area contributed by atoms with Crippen LogP contribution in [-0.4, -0.2) is 5.75 Å². The van der Waals surface area contributed by atoms with Crippen molar-refractivity contribution in [3.8, 4) is 0 Å². The average molecular weight is 463 g/mol. The van der Waals surface area contributed by atoms with Gasteiger partial charge in [-0.15, -0.1) is 11.7 Å². The minimum absolute atomic E-state index is 0.512. The fourth-order valence-electron chi connectivity index (χ4n) is 9.21. The Hall–Kier alpha value is 0.440. The van der Waals surface area contributed by atoms with Crippen molar-refractivity contribution >= 4 is 22.5 Å². The summed E-state index contributed by atoms with van der Waals surface area (Å²) in [7, 11) is 1.76. The van der Waals surface area contributed by atoms with Crippen LogP contribution in [0.2, 0.25) is 0 Å². The lowest BCUT2D eigenvalue weighted by molar-refractivity contribution is -0.107. The van der Waals surface area contributed by atoms with Crippen molar-refractivity contribution in [2.24, 2.45) is 52.3 Å². The number of hydrogen-bond donors (Lipinski definition) is 1. The van der Waals surface area contributed by atoms with Crippen LogP contribution in [0.25, 0.3) is 0 Å². The highest BCUT2D eigenvalue weighted by Crippen LogP contribution is 2.66. The lowest BCUT2D eigenvalue weighted by Gasteiger charge is -2.62. The van der Waals surface area contributed by atoms with Crippen molar-refractivity contribution in [2.75, 3.05) is 5.75 Å². The van der Waals surface area contributed by atoms with Gasteiger partial charge in [0.1, 0.15) is 0 Å². The van der Waals surface area contributed by atoms with Gasteiger partial charge in [-0.25, -0.2) is 0 Å². The molecule has 0 aromatic rings. The average Bonchev–Trinajstić information content (AvgIpc) is 2.72. The molecule has 0 aromatic heterocycles. The van der Waals surface area contributed by atoms with E-state index in [1.807, 2.05) is 5.57 Å². The van der Waals surface area contributed by atoms with Crippen LogP contribution in [0.1, 0.15) is 112 Å². The second kappa shape index (κ2) is 9.97. The Morgan fingerprint density at radius 1 is 1.03 bits per heavy atom. The van der Waals surface area contributed by atoms with Crippen LogP contribution in [-0.2, 0) is 0 Å². The first-order valence-corrected chi connectivity index (χ1v) is 15.8. The molecular weight excluding hydrogens is 412 g/mol. The van der Waals surface area contributed by atoms with Crippen molar-refractivity contribution in [1.29, 1.82) is 0 Å². The number of rotatable bonds is 7. The van der Waals surface area contributed by atoms with Gasteiger partial charge in [0.25, 0.3) is 0 Å². The quantitative estimate of drug-likeness (QED) is 0.223. The van der Waals surface area contributed by atoms with Crippen molar-refractivity contribution in [3.05, 3.63) is 11.6 Å². The molecule has 0 heterocycles. The van der Waals surface area contributed by atoms with Crippen LogP contribution in [0.15, 0.2) is 11.6 Å². The Morgan fingerprint density at radius 3 is 2.58 bits per heavy atom. The number of hydrogen-bond acceptors (Lipinski definition) is 2. The third-order valence-electron chi connectivity index (χ3n) is 11.0. The van der Waals surface area contributed by atoms with Gasteiger partial charge in [-0.3, -0.25) is 0 Å². The summed E-state index contributed by atoms with van der Waals surface area (Å²) >= 11 is 4.46. The summed E-state index contributed by atoms with van der Waals surface area (Å²) < 4.78 is 0. The lowest BCUT2D eigenvalue weighted by atomic mass is 9.42. The molecule has 178 valence electrons. The lowest BCUT2D eigenvalue weighted by Crippen LogP contribution is -2.54. The Labute approximate surface area is 203 Å². The third kappa shape index (κ3) is 4.69. The van der Waals surface area contributed by atoms with E-state index in [4.69, 9.17) is 0 Å². The fourth-order valence-corrected chi connectivity index (χ4v) is 10.3. The summed E-state index contributed by atoms with van der Waals surface area (Å²) in [5.74, 6) is 7.78. The van der Waals surface area contributed by atoms with Gasteiger partial charge in [-0.2, -0.15) is 0 Å². The molecule has 31 heavy (non-hydrogen) atoms. The van der Waals surface area contributed by atoms with Crippen LogP contribution >= 0.6 is 22.5 Å². The Morgan fingerprint density at radius 2 is 1.84 bits per heavy atom. The SMILES string of the molecule is CC(C)CCCC(C)C1CCCC2C3CC=C4CC(CSS)CCC4(C)C3CCC12C. The molecule has 0 amide bonds. The van der Waals surface area contributed by atoms with E-state index in [0.717, 1.165) is 41.4 Å². The molecule has 0 saturated heterocycles. The number of allylic oxidation sites excluding steroid dienone is 2. The van der Waals surface area contributed by atoms with Crippen molar-refractivity contribution in [3.63, 3.8) is 0 Å². The summed E-state index contributed by atoms with van der Waals surface area (Å²) in [4.78, 5) is 0. The van der Waals surface area contributed by atoms with Gasteiger partial charge in [-0.1, -0.05) is 82.7 Å². The molecule has 4 aliphatic rings. The molecule has 0 aliphatic heterocycles. The maximum absolute atomic E-state index is 4.46. The number of thiol groups is 1. The monoisotopic (exact) mass is 462 g/mol. The van der Waals surface area contributed by atoms with Crippen molar-refractivity contribution in [1.82, 2.24) is 0 Å². The Kier molecular flexibility index (Phi) is 7.90. The third-order valence-corrected chi connectivity index (χ3v) is 12.0. The van der Waals surface area contributed by atoms with Gasteiger partial charge in [-0.05, 0) is 104 Å². The Balaban J connectivity index is 1.50. The highest BCUT2D eigenvalue weighted by Gasteiger charge is 2.57. The largest absolute Gasteiger partial charge is 0.111 e. The molecule has 8 unspecified atom stereocenters. The fraction of sp³-hybridized carbons (Fsp3) is 0.931. The zero-order valence-corrected chi connectivity index (χ0v) is 22.9. The van der Waals surface area contributed by atoms with E-state index in [0.29, 0.717) is 10.8 Å². The van der Waals surface area contributed by atoms with Crippen LogP contribution in [0.3, 0.4) is 0 Å². The van der Waals surface area contributed by atoms with E-state index in [2.05, 4.69) is 52.4 Å². The van der Waals surface area contributed by atoms with Gasteiger partial charge >= 0.3 is 0 Å². The van der Waals surface area contributed by atoms with Crippen molar-refractivity contribution in [2.45, 2.75) is 112 Å². The molecular formula is C29H50S2. The van der Waals surface area contributed by atoms with Crippen molar-refractivity contribution < 1.29 is 0 Å². The van der Waals surface area contributed by atoms with Gasteiger partial charge < -0.3 is 0 Å². The smallest absolute Gasteiger partial charge is 0.00659 e. The summed E-state index contributed by atoms with van der Waals surface area (Å²) in [5.41, 5.74) is 2.97. The number of fused-ring (bicyclic) bond motifs is 5. The summed E-state index contributed by atoms with van der Waals surface area (Å²) in [6.07, 6.45) is 20.3. The summed E-state index contributed by atoms with van der Waals surface area (Å²) in [6.45, 7) is 12.8. The van der Waals surface area contributed by atoms with Gasteiger partial charge in [0.05, 0.1) is 0 Å². The molecule has 3 saturated carbocycles. The van der Waals surface area contributed by atoms with Crippen LogP contribution < -0.4 is 0 Å². The first kappa shape index (κ1) is 24.6. The highest BCUT2D eigenvalue weighted by atomic mass is 33.1. The maximum atomic E-state index is 4.46. The topological polar surface area (TPSA) is 0 Å².